The number of aryl methyl sites for hydroxylation is 1. The molecule has 4 heteroatoms. The lowest BCUT2D eigenvalue weighted by molar-refractivity contribution is 0.110. The van der Waals surface area contributed by atoms with Crippen LogP contribution in [0.3, 0.4) is 0 Å². The molecule has 15 heavy (non-hydrogen) atoms. The van der Waals surface area contributed by atoms with E-state index in [9.17, 15) is 0 Å². The molecule has 0 aliphatic rings. The first-order chi connectivity index (χ1) is 7.29. The zero-order valence-corrected chi connectivity index (χ0v) is 9.86. The van der Waals surface area contributed by atoms with Gasteiger partial charge in [0.2, 0.25) is 0 Å². The minimum atomic E-state index is 0.244. The van der Waals surface area contributed by atoms with Gasteiger partial charge in [-0.25, -0.2) is 4.98 Å². The van der Waals surface area contributed by atoms with Crippen LogP contribution in [-0.4, -0.2) is 29.3 Å². The summed E-state index contributed by atoms with van der Waals surface area (Å²) in [5, 5.41) is 3.40. The van der Waals surface area contributed by atoms with Crippen LogP contribution in [0.2, 0.25) is 0 Å². The zero-order chi connectivity index (χ0) is 11.1. The number of nitrogens with zero attached hydrogens (tertiary/aromatic N) is 2. The van der Waals surface area contributed by atoms with E-state index < -0.39 is 0 Å². The fraction of sp³-hybridized carbons (Fsp3) is 0.727. The van der Waals surface area contributed by atoms with E-state index in [0.29, 0.717) is 6.61 Å². The summed E-state index contributed by atoms with van der Waals surface area (Å²) in [4.78, 5) is 4.12. The first-order valence-corrected chi connectivity index (χ1v) is 5.56. The van der Waals surface area contributed by atoms with E-state index in [0.717, 1.165) is 19.6 Å². The summed E-state index contributed by atoms with van der Waals surface area (Å²) < 4.78 is 7.60. The number of hydrogen-bond donors (Lipinski definition) is 1. The van der Waals surface area contributed by atoms with E-state index in [1.165, 1.54) is 5.69 Å². The van der Waals surface area contributed by atoms with Crippen molar-refractivity contribution in [2.45, 2.75) is 26.3 Å². The fourth-order valence-electron chi connectivity index (χ4n) is 1.54. The average Bonchev–Trinajstić information content (AvgIpc) is 2.64. The Hall–Kier alpha value is -0.870. The van der Waals surface area contributed by atoms with Crippen molar-refractivity contribution in [1.29, 1.82) is 0 Å². The maximum absolute atomic E-state index is 5.57. The summed E-state index contributed by atoms with van der Waals surface area (Å²) >= 11 is 0. The van der Waals surface area contributed by atoms with Gasteiger partial charge in [0.15, 0.2) is 0 Å². The average molecular weight is 211 g/mol. The fourth-order valence-corrected chi connectivity index (χ4v) is 1.54. The van der Waals surface area contributed by atoms with Gasteiger partial charge in [0, 0.05) is 19.9 Å². The molecule has 0 aromatic carbocycles. The molecule has 0 aliphatic heterocycles. The molecule has 1 heterocycles. The highest BCUT2D eigenvalue weighted by molar-refractivity contribution is 5.04. The first-order valence-electron chi connectivity index (χ1n) is 5.56. The highest BCUT2D eigenvalue weighted by atomic mass is 16.5. The van der Waals surface area contributed by atoms with Crippen LogP contribution in [0.1, 0.15) is 32.0 Å². The zero-order valence-electron chi connectivity index (χ0n) is 9.86. The van der Waals surface area contributed by atoms with Gasteiger partial charge in [-0.15, -0.1) is 0 Å². The van der Waals surface area contributed by atoms with Gasteiger partial charge in [-0.3, -0.25) is 0 Å². The van der Waals surface area contributed by atoms with E-state index in [-0.39, 0.29) is 6.04 Å². The van der Waals surface area contributed by atoms with Crippen molar-refractivity contribution in [3.05, 3.63) is 18.2 Å². The van der Waals surface area contributed by atoms with E-state index in [1.54, 1.807) is 0 Å². The van der Waals surface area contributed by atoms with Crippen molar-refractivity contribution < 1.29 is 4.74 Å². The van der Waals surface area contributed by atoms with Crippen LogP contribution in [0, 0.1) is 0 Å². The predicted molar refractivity (Wildman–Crippen MR) is 60.7 cm³/mol. The van der Waals surface area contributed by atoms with Crippen LogP contribution >= 0.6 is 0 Å². The van der Waals surface area contributed by atoms with Crippen molar-refractivity contribution in [3.63, 3.8) is 0 Å². The summed E-state index contributed by atoms with van der Waals surface area (Å²) in [5.74, 6) is 0. The standard InChI is InChI=1S/C11H21N3O/c1-4-6-15-8-10(13-5-2)11-7-12-9-14(11)3/h7,9-10,13H,4-6,8H2,1-3H3. The summed E-state index contributed by atoms with van der Waals surface area (Å²) in [7, 11) is 2.01. The van der Waals surface area contributed by atoms with E-state index in [4.69, 9.17) is 4.74 Å². The molecule has 0 saturated heterocycles. The van der Waals surface area contributed by atoms with Gasteiger partial charge in [-0.1, -0.05) is 13.8 Å². The molecule has 0 radical (unpaired) electrons. The highest BCUT2D eigenvalue weighted by Crippen LogP contribution is 2.11. The Morgan fingerprint density at radius 2 is 2.33 bits per heavy atom. The van der Waals surface area contributed by atoms with Crippen molar-refractivity contribution in [1.82, 2.24) is 14.9 Å². The Labute approximate surface area is 91.7 Å². The SMILES string of the molecule is CCCOCC(NCC)c1cncn1C. The van der Waals surface area contributed by atoms with Crippen molar-refractivity contribution in [2.75, 3.05) is 19.8 Å². The summed E-state index contributed by atoms with van der Waals surface area (Å²) in [6, 6.07) is 0.244. The number of aromatic nitrogens is 2. The van der Waals surface area contributed by atoms with Crippen LogP contribution in [0.5, 0.6) is 0 Å². The maximum atomic E-state index is 5.57. The Morgan fingerprint density at radius 1 is 1.53 bits per heavy atom. The second-order valence-electron chi connectivity index (χ2n) is 3.61. The minimum Gasteiger partial charge on any atom is -0.379 e. The third-order valence-corrected chi connectivity index (χ3v) is 2.29. The molecule has 1 atom stereocenters. The summed E-state index contributed by atoms with van der Waals surface area (Å²) in [6.45, 7) is 6.68. The molecule has 1 unspecified atom stereocenters. The molecule has 0 aliphatic carbocycles. The molecule has 0 saturated carbocycles. The summed E-state index contributed by atoms with van der Waals surface area (Å²) in [6.07, 6.45) is 4.77. The van der Waals surface area contributed by atoms with Gasteiger partial charge < -0.3 is 14.6 Å². The first kappa shape index (κ1) is 12.2. The number of rotatable bonds is 7. The number of ether oxygens (including phenoxy) is 1. The van der Waals surface area contributed by atoms with Gasteiger partial charge in [0.05, 0.1) is 24.7 Å². The molecule has 0 bridgehead atoms. The quantitative estimate of drug-likeness (QED) is 0.695. The monoisotopic (exact) mass is 211 g/mol. The number of imidazole rings is 1. The van der Waals surface area contributed by atoms with Crippen LogP contribution in [-0.2, 0) is 11.8 Å². The highest BCUT2D eigenvalue weighted by Gasteiger charge is 2.13. The maximum Gasteiger partial charge on any atom is 0.0946 e. The smallest absolute Gasteiger partial charge is 0.0946 e. The van der Waals surface area contributed by atoms with Crippen LogP contribution in [0.15, 0.2) is 12.5 Å². The van der Waals surface area contributed by atoms with Gasteiger partial charge in [-0.05, 0) is 13.0 Å². The molecule has 0 fully saturated rings. The lowest BCUT2D eigenvalue weighted by Crippen LogP contribution is -2.27. The topological polar surface area (TPSA) is 39.1 Å². The largest absolute Gasteiger partial charge is 0.379 e. The third-order valence-electron chi connectivity index (χ3n) is 2.29. The number of hydrogen-bond acceptors (Lipinski definition) is 3. The minimum absolute atomic E-state index is 0.244. The molecule has 0 amide bonds. The van der Waals surface area contributed by atoms with Gasteiger partial charge in [-0.2, -0.15) is 0 Å². The molecular weight excluding hydrogens is 190 g/mol. The van der Waals surface area contributed by atoms with Gasteiger partial charge >= 0.3 is 0 Å². The van der Waals surface area contributed by atoms with Crippen molar-refractivity contribution >= 4 is 0 Å². The molecule has 86 valence electrons. The second kappa shape index (κ2) is 6.58. The van der Waals surface area contributed by atoms with Crippen LogP contribution in [0.25, 0.3) is 0 Å². The van der Waals surface area contributed by atoms with E-state index >= 15 is 0 Å². The van der Waals surface area contributed by atoms with E-state index in [2.05, 4.69) is 24.1 Å². The normalized spacial score (nSPS) is 13.0. The molecule has 4 nitrogen and oxygen atoms in total. The molecule has 0 spiro atoms. The van der Waals surface area contributed by atoms with Gasteiger partial charge in [0.1, 0.15) is 0 Å². The van der Waals surface area contributed by atoms with Crippen molar-refractivity contribution in [2.24, 2.45) is 7.05 Å². The molecule has 1 N–H and O–H groups in total. The lowest BCUT2D eigenvalue weighted by Gasteiger charge is -2.18. The molecule has 1 aromatic heterocycles. The Morgan fingerprint density at radius 3 is 2.87 bits per heavy atom. The lowest BCUT2D eigenvalue weighted by atomic mass is 10.2. The Kier molecular flexibility index (Phi) is 5.36. The number of likely N-dealkylation sites (N-methyl/N-ethyl adjacent to an activating group) is 1. The second-order valence-corrected chi connectivity index (χ2v) is 3.61. The van der Waals surface area contributed by atoms with Crippen LogP contribution < -0.4 is 5.32 Å². The van der Waals surface area contributed by atoms with Crippen LogP contribution in [0.4, 0.5) is 0 Å². The molecule has 1 aromatic rings. The predicted octanol–water partition coefficient (Wildman–Crippen LogP) is 1.50. The summed E-state index contributed by atoms with van der Waals surface area (Å²) in [5.41, 5.74) is 1.17. The van der Waals surface area contributed by atoms with Gasteiger partial charge in [0.25, 0.3) is 0 Å². The molecule has 1 rings (SSSR count). The van der Waals surface area contributed by atoms with E-state index in [1.807, 2.05) is 24.1 Å². The number of nitrogens with one attached hydrogen (secondary N) is 1. The Balaban J connectivity index is 2.53. The van der Waals surface area contributed by atoms with Crippen molar-refractivity contribution in [3.8, 4) is 0 Å². The Bertz CT molecular complexity index is 273. The third kappa shape index (κ3) is 3.64. The molecular formula is C11H21N3O.